The van der Waals surface area contributed by atoms with Crippen LogP contribution in [-0.2, 0) is 16.6 Å². The second-order valence-electron chi connectivity index (χ2n) is 9.95. The Morgan fingerprint density at radius 1 is 1.03 bits per heavy atom. The van der Waals surface area contributed by atoms with Crippen molar-refractivity contribution in [3.05, 3.63) is 108 Å². The topological polar surface area (TPSA) is 95.7 Å². The first-order valence-electron chi connectivity index (χ1n) is 12.8. The van der Waals surface area contributed by atoms with Gasteiger partial charge in [0.25, 0.3) is 15.9 Å². The molecule has 2 fully saturated rings. The van der Waals surface area contributed by atoms with Gasteiger partial charge in [-0.15, -0.1) is 0 Å². The van der Waals surface area contributed by atoms with Crippen molar-refractivity contribution in [2.24, 2.45) is 0 Å². The van der Waals surface area contributed by atoms with E-state index in [1.807, 2.05) is 4.90 Å². The molecule has 0 spiro atoms. The maximum Gasteiger partial charge on any atom is 0.263 e. The molecule has 0 saturated carbocycles. The highest BCUT2D eigenvalue weighted by Crippen LogP contribution is 2.33. The Kier molecular flexibility index (Phi) is 7.54. The van der Waals surface area contributed by atoms with E-state index in [1.54, 1.807) is 66.8 Å². The molecule has 7 nitrogen and oxygen atoms in total. The fourth-order valence-corrected chi connectivity index (χ4v) is 6.67. The molecule has 2 aliphatic heterocycles. The Bertz CT molecular complexity index is 1490. The van der Waals surface area contributed by atoms with Gasteiger partial charge in [0.2, 0.25) is 0 Å². The predicted octanol–water partition coefficient (Wildman–Crippen LogP) is 4.90. The third kappa shape index (κ3) is 5.74. The molecule has 2 bridgehead atoms. The minimum Gasteiger partial charge on any atom is -0.397 e. The van der Waals surface area contributed by atoms with E-state index >= 15 is 0 Å². The molecule has 1 amide bonds. The molecule has 2 atom stereocenters. The van der Waals surface area contributed by atoms with E-state index in [4.69, 9.17) is 5.73 Å². The van der Waals surface area contributed by atoms with Crippen LogP contribution < -0.4 is 10.5 Å². The second kappa shape index (κ2) is 11.0. The Morgan fingerprint density at radius 2 is 1.69 bits per heavy atom. The number of likely N-dealkylation sites (tertiary alicyclic amines) is 1. The number of hydrogen-bond acceptors (Lipinski definition) is 5. The van der Waals surface area contributed by atoms with Gasteiger partial charge in [-0.3, -0.25) is 14.4 Å². The molecular weight excluding hydrogens is 515 g/mol. The first kappa shape index (κ1) is 26.6. The van der Waals surface area contributed by atoms with Crippen molar-refractivity contribution in [2.45, 2.75) is 36.4 Å². The molecular formula is C30H31FN4O3S. The molecule has 5 rings (SSSR count). The van der Waals surface area contributed by atoms with Crippen LogP contribution in [0.5, 0.6) is 0 Å². The number of fused-ring (bicyclic) bond motifs is 2. The van der Waals surface area contributed by atoms with E-state index in [-0.39, 0.29) is 34.4 Å². The maximum atomic E-state index is 13.4. The Morgan fingerprint density at radius 3 is 2.33 bits per heavy atom. The number of piperazine rings is 1. The van der Waals surface area contributed by atoms with Crippen LogP contribution in [0.4, 0.5) is 15.8 Å². The molecule has 2 saturated heterocycles. The summed E-state index contributed by atoms with van der Waals surface area (Å²) in [6, 6.07) is 18.1. The largest absolute Gasteiger partial charge is 0.397 e. The molecule has 0 aliphatic carbocycles. The van der Waals surface area contributed by atoms with Crippen LogP contribution in [0, 0.1) is 5.82 Å². The zero-order valence-electron chi connectivity index (χ0n) is 21.5. The van der Waals surface area contributed by atoms with Crippen LogP contribution in [0.3, 0.4) is 0 Å². The van der Waals surface area contributed by atoms with Gasteiger partial charge in [0.15, 0.2) is 0 Å². The van der Waals surface area contributed by atoms with E-state index in [0.717, 1.165) is 38.0 Å². The molecule has 3 aromatic carbocycles. The summed E-state index contributed by atoms with van der Waals surface area (Å²) in [6.45, 7) is 5.87. The van der Waals surface area contributed by atoms with Crippen molar-refractivity contribution >= 4 is 33.4 Å². The van der Waals surface area contributed by atoms with Crippen molar-refractivity contribution in [1.82, 2.24) is 9.80 Å². The van der Waals surface area contributed by atoms with E-state index in [1.165, 1.54) is 18.2 Å². The number of nitrogens with zero attached hydrogens (tertiary/aromatic N) is 2. The minimum absolute atomic E-state index is 0.0241. The predicted molar refractivity (Wildman–Crippen MR) is 152 cm³/mol. The van der Waals surface area contributed by atoms with Crippen LogP contribution in [0.2, 0.25) is 0 Å². The molecule has 2 unspecified atom stereocenters. The lowest BCUT2D eigenvalue weighted by atomic mass is 10.1. The van der Waals surface area contributed by atoms with Crippen molar-refractivity contribution in [3.63, 3.8) is 0 Å². The lowest BCUT2D eigenvalue weighted by Gasteiger charge is -2.41. The number of hydrogen-bond donors (Lipinski definition) is 2. The zero-order valence-corrected chi connectivity index (χ0v) is 22.3. The lowest BCUT2D eigenvalue weighted by molar-refractivity contribution is 0.0405. The second-order valence-corrected chi connectivity index (χ2v) is 11.6. The number of rotatable bonds is 8. The third-order valence-corrected chi connectivity index (χ3v) is 8.74. The highest BCUT2D eigenvalue weighted by molar-refractivity contribution is 7.92. The van der Waals surface area contributed by atoms with Gasteiger partial charge >= 0.3 is 0 Å². The van der Waals surface area contributed by atoms with Gasteiger partial charge in [-0.25, -0.2) is 12.8 Å². The zero-order chi connectivity index (χ0) is 27.6. The number of nitrogens with one attached hydrogen (secondary N) is 1. The number of halogens is 1. The average Bonchev–Trinajstić information content (AvgIpc) is 3.19. The van der Waals surface area contributed by atoms with Gasteiger partial charge in [-0.2, -0.15) is 0 Å². The summed E-state index contributed by atoms with van der Waals surface area (Å²) >= 11 is 0. The van der Waals surface area contributed by atoms with Crippen molar-refractivity contribution in [1.29, 1.82) is 0 Å². The molecule has 0 radical (unpaired) electrons. The molecule has 3 N–H and O–H groups in total. The summed E-state index contributed by atoms with van der Waals surface area (Å²) in [4.78, 5) is 17.7. The number of allylic oxidation sites excluding steroid dienone is 2. The van der Waals surface area contributed by atoms with Gasteiger partial charge in [-0.05, 0) is 66.4 Å². The molecule has 9 heteroatoms. The number of benzene rings is 3. The SMILES string of the molecule is C=C/C=C\c1cccc(S(=O)(=O)Nc2ccc(C(=O)N3C4CCC3CN(Cc3ccc(F)cc3)C4)cc2)c1N. The minimum atomic E-state index is -3.94. The molecule has 3 aromatic rings. The maximum absolute atomic E-state index is 13.4. The van der Waals surface area contributed by atoms with Crippen LogP contribution in [0.15, 0.2) is 90.4 Å². The Balaban J connectivity index is 1.25. The van der Waals surface area contributed by atoms with Crippen LogP contribution in [0.25, 0.3) is 6.08 Å². The van der Waals surface area contributed by atoms with Gasteiger partial charge in [0.1, 0.15) is 10.7 Å². The fourth-order valence-electron chi connectivity index (χ4n) is 5.45. The highest BCUT2D eigenvalue weighted by atomic mass is 32.2. The molecule has 0 aromatic heterocycles. The summed E-state index contributed by atoms with van der Waals surface area (Å²) < 4.78 is 41.9. The van der Waals surface area contributed by atoms with Crippen molar-refractivity contribution in [2.75, 3.05) is 23.5 Å². The number of anilines is 2. The number of carbonyl (C=O) groups excluding carboxylic acids is 1. The van der Waals surface area contributed by atoms with Crippen LogP contribution >= 0.6 is 0 Å². The molecule has 202 valence electrons. The highest BCUT2D eigenvalue weighted by Gasteiger charge is 2.42. The lowest BCUT2D eigenvalue weighted by Crippen LogP contribution is -2.55. The van der Waals surface area contributed by atoms with Gasteiger partial charge in [0, 0.05) is 43.0 Å². The number of carbonyl (C=O) groups is 1. The van der Waals surface area contributed by atoms with Crippen molar-refractivity contribution in [3.8, 4) is 0 Å². The number of nitrogen functional groups attached to an aromatic ring is 1. The van der Waals surface area contributed by atoms with E-state index in [9.17, 15) is 17.6 Å². The summed E-state index contributed by atoms with van der Waals surface area (Å²) in [5, 5.41) is 0. The van der Waals surface area contributed by atoms with Crippen LogP contribution in [-0.4, -0.2) is 49.3 Å². The van der Waals surface area contributed by atoms with Gasteiger partial charge < -0.3 is 10.6 Å². The van der Waals surface area contributed by atoms with E-state index in [0.29, 0.717) is 16.8 Å². The summed E-state index contributed by atoms with van der Waals surface area (Å²) in [6.07, 6.45) is 6.84. The summed E-state index contributed by atoms with van der Waals surface area (Å²) in [7, 11) is -3.94. The van der Waals surface area contributed by atoms with Crippen molar-refractivity contribution < 1.29 is 17.6 Å². The smallest absolute Gasteiger partial charge is 0.263 e. The number of nitrogens with two attached hydrogens (primary N) is 1. The monoisotopic (exact) mass is 546 g/mol. The van der Waals surface area contributed by atoms with E-state index < -0.39 is 10.0 Å². The summed E-state index contributed by atoms with van der Waals surface area (Å²) in [5.41, 5.74) is 8.75. The number of para-hydroxylation sites is 1. The standard InChI is InChI=1S/C30H31FN4O3S/c1-2-3-5-22-6-4-7-28(29(22)32)39(37,38)33-25-14-10-23(11-15-25)30(36)35-26-16-17-27(35)20-34(19-26)18-21-8-12-24(31)13-9-21/h2-15,26-27,33H,1,16-20,32H2/b5-3-. The number of sulfonamides is 1. The molecule has 39 heavy (non-hydrogen) atoms. The van der Waals surface area contributed by atoms with Crippen LogP contribution in [0.1, 0.15) is 34.3 Å². The first-order valence-corrected chi connectivity index (χ1v) is 14.3. The first-order chi connectivity index (χ1) is 18.7. The van der Waals surface area contributed by atoms with E-state index in [2.05, 4.69) is 16.2 Å². The Hall–Kier alpha value is -3.95. The third-order valence-electron chi connectivity index (χ3n) is 7.30. The average molecular weight is 547 g/mol. The fraction of sp³-hybridized carbons (Fsp3) is 0.233. The quantitative estimate of drug-likeness (QED) is 0.310. The summed E-state index contributed by atoms with van der Waals surface area (Å²) in [5.74, 6) is -0.299. The van der Waals surface area contributed by atoms with Gasteiger partial charge in [-0.1, -0.05) is 49.1 Å². The molecule has 2 aliphatic rings. The number of amides is 1. The normalized spacial score (nSPS) is 19.4. The Labute approximate surface area is 228 Å². The van der Waals surface area contributed by atoms with Gasteiger partial charge in [0.05, 0.1) is 5.69 Å². The molecule has 2 heterocycles.